The van der Waals surface area contributed by atoms with Crippen LogP contribution in [-0.4, -0.2) is 9.97 Å². The molecular weight excluding hydrogens is 250 g/mol. The smallest absolute Gasteiger partial charge is 0.225 e. The van der Waals surface area contributed by atoms with Crippen LogP contribution in [0, 0.1) is 0 Å². The van der Waals surface area contributed by atoms with Crippen LogP contribution in [0.5, 0.6) is 11.6 Å². The summed E-state index contributed by atoms with van der Waals surface area (Å²) < 4.78 is 5.72. The first kappa shape index (κ1) is 12.6. The van der Waals surface area contributed by atoms with Gasteiger partial charge in [0.25, 0.3) is 0 Å². The molecule has 2 rings (SSSR count). The first-order valence-corrected chi connectivity index (χ1v) is 6.01. The molecule has 0 aliphatic carbocycles. The van der Waals surface area contributed by atoms with Crippen molar-refractivity contribution in [3.05, 3.63) is 41.0 Å². The Bertz CT molecular complexity index is 537. The Balaban J connectivity index is 2.34. The normalized spacial score (nSPS) is 10.7. The highest BCUT2D eigenvalue weighted by molar-refractivity contribution is 6.29. The molecule has 0 aliphatic rings. The molecule has 0 fully saturated rings. The molecule has 0 unspecified atom stereocenters. The summed E-state index contributed by atoms with van der Waals surface area (Å²) >= 11 is 5.81. The molecular formula is C13H14ClN3O. The van der Waals surface area contributed by atoms with E-state index in [1.165, 1.54) is 6.07 Å². The molecule has 0 bridgehead atoms. The number of aromatic nitrogens is 2. The molecule has 0 amide bonds. The van der Waals surface area contributed by atoms with Gasteiger partial charge in [0.05, 0.1) is 0 Å². The SMILES string of the molecule is CC(C)c1ccccc1Oc1cc(Cl)nc(N)n1. The molecule has 0 spiro atoms. The van der Waals surface area contributed by atoms with Crippen molar-refractivity contribution < 1.29 is 4.74 Å². The zero-order valence-corrected chi connectivity index (χ0v) is 11.0. The Morgan fingerprint density at radius 2 is 1.94 bits per heavy atom. The highest BCUT2D eigenvalue weighted by Crippen LogP contribution is 2.30. The van der Waals surface area contributed by atoms with Gasteiger partial charge in [-0.05, 0) is 17.5 Å². The lowest BCUT2D eigenvalue weighted by molar-refractivity contribution is 0.454. The van der Waals surface area contributed by atoms with E-state index in [-0.39, 0.29) is 11.1 Å². The number of ether oxygens (including phenoxy) is 1. The average molecular weight is 264 g/mol. The van der Waals surface area contributed by atoms with Gasteiger partial charge in [-0.1, -0.05) is 43.6 Å². The minimum Gasteiger partial charge on any atom is -0.439 e. The maximum absolute atomic E-state index is 5.81. The lowest BCUT2D eigenvalue weighted by Crippen LogP contribution is -1.99. The van der Waals surface area contributed by atoms with Crippen LogP contribution in [0.3, 0.4) is 0 Å². The predicted octanol–water partition coefficient (Wildman–Crippen LogP) is 3.63. The molecule has 4 nitrogen and oxygen atoms in total. The molecule has 18 heavy (non-hydrogen) atoms. The van der Waals surface area contributed by atoms with E-state index in [1.54, 1.807) is 0 Å². The second kappa shape index (κ2) is 5.23. The van der Waals surface area contributed by atoms with Gasteiger partial charge in [0.15, 0.2) is 0 Å². The molecule has 2 aromatic rings. The van der Waals surface area contributed by atoms with E-state index >= 15 is 0 Å². The topological polar surface area (TPSA) is 61.0 Å². The zero-order valence-electron chi connectivity index (χ0n) is 10.2. The Labute approximate surface area is 111 Å². The van der Waals surface area contributed by atoms with E-state index in [1.807, 2.05) is 24.3 Å². The molecule has 0 saturated carbocycles. The van der Waals surface area contributed by atoms with E-state index in [2.05, 4.69) is 23.8 Å². The van der Waals surface area contributed by atoms with Crippen molar-refractivity contribution in [3.63, 3.8) is 0 Å². The van der Waals surface area contributed by atoms with Gasteiger partial charge in [0, 0.05) is 6.07 Å². The number of para-hydroxylation sites is 1. The van der Waals surface area contributed by atoms with Crippen molar-refractivity contribution in [1.82, 2.24) is 9.97 Å². The molecule has 5 heteroatoms. The summed E-state index contributed by atoms with van der Waals surface area (Å²) in [5.74, 6) is 1.55. The van der Waals surface area contributed by atoms with Gasteiger partial charge < -0.3 is 10.5 Å². The minimum absolute atomic E-state index is 0.0968. The number of nitrogen functional groups attached to an aromatic ring is 1. The summed E-state index contributed by atoms with van der Waals surface area (Å²) in [6.45, 7) is 4.20. The van der Waals surface area contributed by atoms with E-state index in [0.717, 1.165) is 11.3 Å². The van der Waals surface area contributed by atoms with Crippen LogP contribution in [0.4, 0.5) is 5.95 Å². The lowest BCUT2D eigenvalue weighted by atomic mass is 10.0. The second-order valence-corrected chi connectivity index (χ2v) is 4.57. The van der Waals surface area contributed by atoms with Gasteiger partial charge in [0.2, 0.25) is 11.8 Å². The number of nitrogens with two attached hydrogens (primary N) is 1. The van der Waals surface area contributed by atoms with Crippen LogP contribution >= 0.6 is 11.6 Å². The average Bonchev–Trinajstić information content (AvgIpc) is 2.27. The number of benzene rings is 1. The quantitative estimate of drug-likeness (QED) is 0.859. The third-order valence-corrected chi connectivity index (χ3v) is 2.64. The van der Waals surface area contributed by atoms with Gasteiger partial charge in [-0.2, -0.15) is 4.98 Å². The maximum atomic E-state index is 5.81. The third kappa shape index (κ3) is 2.90. The summed E-state index contributed by atoms with van der Waals surface area (Å²) in [7, 11) is 0. The number of anilines is 1. The highest BCUT2D eigenvalue weighted by atomic mass is 35.5. The molecule has 1 heterocycles. The fourth-order valence-corrected chi connectivity index (χ4v) is 1.81. The predicted molar refractivity (Wildman–Crippen MR) is 72.1 cm³/mol. The number of halogens is 1. The second-order valence-electron chi connectivity index (χ2n) is 4.18. The van der Waals surface area contributed by atoms with Gasteiger partial charge in [-0.15, -0.1) is 0 Å². The highest BCUT2D eigenvalue weighted by Gasteiger charge is 2.09. The van der Waals surface area contributed by atoms with Gasteiger partial charge in [-0.3, -0.25) is 0 Å². The van der Waals surface area contributed by atoms with Crippen LogP contribution in [0.1, 0.15) is 25.3 Å². The van der Waals surface area contributed by atoms with Crippen LogP contribution in [-0.2, 0) is 0 Å². The lowest BCUT2D eigenvalue weighted by Gasteiger charge is -2.12. The van der Waals surface area contributed by atoms with Crippen LogP contribution in [0.15, 0.2) is 30.3 Å². The molecule has 1 aromatic heterocycles. The van der Waals surface area contributed by atoms with Crippen LogP contribution < -0.4 is 10.5 Å². The van der Waals surface area contributed by atoms with Crippen molar-refractivity contribution in [2.24, 2.45) is 0 Å². The number of hydrogen-bond acceptors (Lipinski definition) is 4. The maximum Gasteiger partial charge on any atom is 0.225 e. The molecule has 0 aliphatic heterocycles. The Hall–Kier alpha value is -1.81. The Morgan fingerprint density at radius 3 is 2.61 bits per heavy atom. The standard InChI is InChI=1S/C13H14ClN3O/c1-8(2)9-5-3-4-6-10(9)18-12-7-11(14)16-13(15)17-12/h3-8H,1-2H3,(H2,15,16,17). The first-order valence-electron chi connectivity index (χ1n) is 5.63. The minimum atomic E-state index is 0.0968. The summed E-state index contributed by atoms with van der Waals surface area (Å²) in [6.07, 6.45) is 0. The molecule has 0 saturated heterocycles. The van der Waals surface area contributed by atoms with E-state index in [4.69, 9.17) is 22.1 Å². The van der Waals surface area contributed by atoms with Crippen molar-refractivity contribution in [2.75, 3.05) is 5.73 Å². The number of nitrogens with zero attached hydrogens (tertiary/aromatic N) is 2. The Kier molecular flexibility index (Phi) is 3.67. The van der Waals surface area contributed by atoms with E-state index in [0.29, 0.717) is 11.8 Å². The third-order valence-electron chi connectivity index (χ3n) is 2.44. The van der Waals surface area contributed by atoms with Gasteiger partial charge in [0.1, 0.15) is 10.9 Å². The van der Waals surface area contributed by atoms with Crippen molar-refractivity contribution >= 4 is 17.5 Å². The zero-order chi connectivity index (χ0) is 13.1. The summed E-state index contributed by atoms with van der Waals surface area (Å²) in [4.78, 5) is 7.78. The monoisotopic (exact) mass is 263 g/mol. The summed E-state index contributed by atoms with van der Waals surface area (Å²) in [5, 5.41) is 0.263. The molecule has 0 radical (unpaired) electrons. The summed E-state index contributed by atoms with van der Waals surface area (Å²) in [5.41, 5.74) is 6.63. The molecule has 94 valence electrons. The molecule has 1 aromatic carbocycles. The van der Waals surface area contributed by atoms with Crippen molar-refractivity contribution in [2.45, 2.75) is 19.8 Å². The number of hydrogen-bond donors (Lipinski definition) is 1. The van der Waals surface area contributed by atoms with Crippen molar-refractivity contribution in [3.8, 4) is 11.6 Å². The number of rotatable bonds is 3. The van der Waals surface area contributed by atoms with E-state index in [9.17, 15) is 0 Å². The van der Waals surface area contributed by atoms with E-state index < -0.39 is 0 Å². The largest absolute Gasteiger partial charge is 0.439 e. The van der Waals surface area contributed by atoms with Crippen molar-refractivity contribution in [1.29, 1.82) is 0 Å². The van der Waals surface area contributed by atoms with Crippen LogP contribution in [0.25, 0.3) is 0 Å². The molecule has 2 N–H and O–H groups in total. The van der Waals surface area contributed by atoms with Crippen LogP contribution in [0.2, 0.25) is 5.15 Å². The fourth-order valence-electron chi connectivity index (χ4n) is 1.63. The fraction of sp³-hybridized carbons (Fsp3) is 0.231. The molecule has 0 atom stereocenters. The first-order chi connectivity index (χ1) is 8.56. The van der Waals surface area contributed by atoms with Gasteiger partial charge >= 0.3 is 0 Å². The Morgan fingerprint density at radius 1 is 1.22 bits per heavy atom. The summed E-state index contributed by atoms with van der Waals surface area (Å²) in [6, 6.07) is 9.33. The van der Waals surface area contributed by atoms with Gasteiger partial charge in [-0.25, -0.2) is 4.98 Å².